The summed E-state index contributed by atoms with van der Waals surface area (Å²) in [7, 11) is 0. The van der Waals surface area contributed by atoms with E-state index >= 15 is 0 Å². The second-order valence-corrected chi connectivity index (χ2v) is 9.89. The monoisotopic (exact) mass is 479 g/mol. The van der Waals surface area contributed by atoms with E-state index in [1.54, 1.807) is 10.8 Å². The molecule has 186 valence electrons. The summed E-state index contributed by atoms with van der Waals surface area (Å²) in [5.74, 6) is 0.982. The molecule has 1 aromatic carbocycles. The number of nitrogens with zero attached hydrogens (tertiary/aromatic N) is 7. The van der Waals surface area contributed by atoms with Crippen LogP contribution in [0, 0.1) is 0 Å². The van der Waals surface area contributed by atoms with Crippen molar-refractivity contribution in [3.63, 3.8) is 0 Å². The van der Waals surface area contributed by atoms with Gasteiger partial charge in [-0.2, -0.15) is 4.52 Å². The van der Waals surface area contributed by atoms with Gasteiger partial charge in [-0.1, -0.05) is 24.3 Å². The van der Waals surface area contributed by atoms with Crippen molar-refractivity contribution in [1.29, 1.82) is 0 Å². The van der Waals surface area contributed by atoms with E-state index in [1.165, 1.54) is 4.90 Å². The van der Waals surface area contributed by atoms with Crippen LogP contribution >= 0.6 is 0 Å². The Kier molecular flexibility index (Phi) is 7.18. The van der Waals surface area contributed by atoms with Crippen molar-refractivity contribution >= 4 is 23.5 Å². The average molecular weight is 480 g/mol. The number of benzene rings is 1. The average Bonchev–Trinajstić information content (AvgIpc) is 3.30. The third-order valence-corrected chi connectivity index (χ3v) is 6.37. The maximum atomic E-state index is 12.9. The Balaban J connectivity index is 1.24. The van der Waals surface area contributed by atoms with Gasteiger partial charge in [-0.15, -0.1) is 15.3 Å². The molecule has 0 aliphatic carbocycles. The summed E-state index contributed by atoms with van der Waals surface area (Å²) in [4.78, 5) is 29.9. The SMILES string of the molecule is CC(C)(C)N(CCCc1ccc(CC(=O)N2CCN(c3ccc4nncn4n3)CC2)cc1)C(=O)O. The molecule has 0 atom stereocenters. The molecule has 1 aliphatic rings. The number of aryl methyl sites for hydroxylation is 1. The number of carbonyl (C=O) groups is 2. The lowest BCUT2D eigenvalue weighted by atomic mass is 10.0. The quantitative estimate of drug-likeness (QED) is 0.555. The van der Waals surface area contributed by atoms with Gasteiger partial charge in [0.05, 0.1) is 6.42 Å². The van der Waals surface area contributed by atoms with Crippen LogP contribution in [-0.4, -0.2) is 85.0 Å². The first-order chi connectivity index (χ1) is 16.7. The minimum Gasteiger partial charge on any atom is -0.465 e. The van der Waals surface area contributed by atoms with Crippen molar-refractivity contribution in [2.75, 3.05) is 37.6 Å². The normalized spacial score (nSPS) is 14.4. The van der Waals surface area contributed by atoms with Crippen molar-refractivity contribution in [2.45, 2.75) is 45.6 Å². The van der Waals surface area contributed by atoms with Crippen LogP contribution < -0.4 is 4.90 Å². The summed E-state index contributed by atoms with van der Waals surface area (Å²) >= 11 is 0. The number of piperazine rings is 1. The molecule has 3 heterocycles. The maximum Gasteiger partial charge on any atom is 0.407 e. The highest BCUT2D eigenvalue weighted by atomic mass is 16.4. The number of hydrogen-bond acceptors (Lipinski definition) is 6. The van der Waals surface area contributed by atoms with Crippen LogP contribution in [0.4, 0.5) is 10.6 Å². The summed E-state index contributed by atoms with van der Waals surface area (Å²) in [5, 5.41) is 21.8. The predicted octanol–water partition coefficient (Wildman–Crippen LogP) is 2.73. The molecule has 0 bridgehead atoms. The number of anilines is 1. The summed E-state index contributed by atoms with van der Waals surface area (Å²) in [6.45, 7) is 8.98. The van der Waals surface area contributed by atoms with Gasteiger partial charge in [-0.3, -0.25) is 4.79 Å². The molecule has 0 unspecified atom stereocenters. The van der Waals surface area contributed by atoms with Gasteiger partial charge in [0.15, 0.2) is 5.65 Å². The second-order valence-electron chi connectivity index (χ2n) is 9.89. The molecule has 2 aromatic heterocycles. The molecule has 3 aromatic rings. The highest BCUT2D eigenvalue weighted by Gasteiger charge is 2.25. The van der Waals surface area contributed by atoms with Gasteiger partial charge in [0.25, 0.3) is 0 Å². The molecule has 4 rings (SSSR count). The number of fused-ring (bicyclic) bond motifs is 1. The van der Waals surface area contributed by atoms with Gasteiger partial charge in [0, 0.05) is 38.3 Å². The van der Waals surface area contributed by atoms with Crippen molar-refractivity contribution in [3.8, 4) is 0 Å². The molecule has 1 aliphatic heterocycles. The van der Waals surface area contributed by atoms with Crippen LogP contribution in [0.15, 0.2) is 42.7 Å². The summed E-state index contributed by atoms with van der Waals surface area (Å²) in [5.41, 5.74) is 2.43. The fraction of sp³-hybridized carbons (Fsp3) is 0.480. The lowest BCUT2D eigenvalue weighted by molar-refractivity contribution is -0.130. The molecule has 0 saturated carbocycles. The lowest BCUT2D eigenvalue weighted by Gasteiger charge is -2.35. The first-order valence-electron chi connectivity index (χ1n) is 12.0. The van der Waals surface area contributed by atoms with E-state index in [1.807, 2.05) is 62.1 Å². The number of hydrogen-bond donors (Lipinski definition) is 1. The number of aromatic nitrogens is 4. The van der Waals surface area contributed by atoms with Gasteiger partial charge in [-0.05, 0) is 56.9 Å². The Hall–Kier alpha value is -3.69. The van der Waals surface area contributed by atoms with Gasteiger partial charge >= 0.3 is 6.09 Å². The molecular weight excluding hydrogens is 446 g/mol. The van der Waals surface area contributed by atoms with E-state index in [-0.39, 0.29) is 5.91 Å². The zero-order chi connectivity index (χ0) is 25.0. The Bertz CT molecular complexity index is 1160. The first-order valence-corrected chi connectivity index (χ1v) is 12.0. The minimum absolute atomic E-state index is 0.127. The smallest absolute Gasteiger partial charge is 0.407 e. The molecule has 1 N–H and O–H groups in total. The highest BCUT2D eigenvalue weighted by Crippen LogP contribution is 2.17. The largest absolute Gasteiger partial charge is 0.465 e. The molecular formula is C25H33N7O3. The topological polar surface area (TPSA) is 107 Å². The highest BCUT2D eigenvalue weighted by molar-refractivity contribution is 5.79. The van der Waals surface area contributed by atoms with Crippen molar-refractivity contribution in [3.05, 3.63) is 53.9 Å². The molecule has 2 amide bonds. The maximum absolute atomic E-state index is 12.9. The zero-order valence-corrected chi connectivity index (χ0v) is 20.6. The second kappa shape index (κ2) is 10.3. The number of carbonyl (C=O) groups excluding carboxylic acids is 1. The van der Waals surface area contributed by atoms with Crippen LogP contribution in [0.25, 0.3) is 5.65 Å². The number of rotatable bonds is 7. The van der Waals surface area contributed by atoms with Gasteiger partial charge in [0.1, 0.15) is 12.1 Å². The number of amides is 2. The molecule has 0 radical (unpaired) electrons. The summed E-state index contributed by atoms with van der Waals surface area (Å²) < 4.78 is 1.66. The third-order valence-electron chi connectivity index (χ3n) is 6.37. The predicted molar refractivity (Wildman–Crippen MR) is 133 cm³/mol. The van der Waals surface area contributed by atoms with Crippen LogP contribution in [0.5, 0.6) is 0 Å². The summed E-state index contributed by atoms with van der Waals surface area (Å²) in [6.07, 6.45) is 2.62. The van der Waals surface area contributed by atoms with Crippen LogP contribution in [0.1, 0.15) is 38.3 Å². The molecule has 35 heavy (non-hydrogen) atoms. The molecule has 1 fully saturated rings. The first kappa shape index (κ1) is 24.4. The van der Waals surface area contributed by atoms with Gasteiger partial charge < -0.3 is 19.8 Å². The van der Waals surface area contributed by atoms with Gasteiger partial charge in [-0.25, -0.2) is 4.79 Å². The Morgan fingerprint density at radius 2 is 1.69 bits per heavy atom. The standard InChI is InChI=1S/C25H33N7O3/c1-25(2,3)31(24(34)35)12-4-5-19-6-8-20(9-7-19)17-23(33)30-15-13-29(14-16-30)22-11-10-21-27-26-18-32(21)28-22/h6-11,18H,4-5,12-17H2,1-3H3,(H,34,35). The van der Waals surface area contributed by atoms with Crippen LogP contribution in [-0.2, 0) is 17.6 Å². The Morgan fingerprint density at radius 3 is 2.34 bits per heavy atom. The zero-order valence-electron chi connectivity index (χ0n) is 20.6. The number of carboxylic acid groups (broad SMARTS) is 1. The third kappa shape index (κ3) is 6.06. The molecule has 10 nitrogen and oxygen atoms in total. The van der Waals surface area contributed by atoms with Gasteiger partial charge in [0.2, 0.25) is 5.91 Å². The van der Waals surface area contributed by atoms with Crippen molar-refractivity contribution < 1.29 is 14.7 Å². The van der Waals surface area contributed by atoms with E-state index < -0.39 is 11.6 Å². The fourth-order valence-corrected chi connectivity index (χ4v) is 4.34. The van der Waals surface area contributed by atoms with E-state index in [0.29, 0.717) is 31.7 Å². The molecule has 0 spiro atoms. The van der Waals surface area contributed by atoms with Crippen LogP contribution in [0.3, 0.4) is 0 Å². The Labute approximate surface area is 205 Å². The van der Waals surface area contributed by atoms with Crippen LogP contribution in [0.2, 0.25) is 0 Å². The summed E-state index contributed by atoms with van der Waals surface area (Å²) in [6, 6.07) is 11.9. The van der Waals surface area contributed by atoms with E-state index in [9.17, 15) is 14.7 Å². The molecule has 1 saturated heterocycles. The fourth-order valence-electron chi connectivity index (χ4n) is 4.34. The Morgan fingerprint density at radius 1 is 1.00 bits per heavy atom. The van der Waals surface area contributed by atoms with E-state index in [4.69, 9.17) is 0 Å². The van der Waals surface area contributed by atoms with Crippen molar-refractivity contribution in [2.24, 2.45) is 0 Å². The van der Waals surface area contributed by atoms with Crippen molar-refractivity contribution in [1.82, 2.24) is 29.6 Å². The van der Waals surface area contributed by atoms with E-state index in [0.717, 1.165) is 42.9 Å². The lowest BCUT2D eigenvalue weighted by Crippen LogP contribution is -2.49. The molecule has 10 heteroatoms. The minimum atomic E-state index is -0.889. The van der Waals surface area contributed by atoms with E-state index in [2.05, 4.69) is 20.2 Å².